The van der Waals surface area contributed by atoms with Gasteiger partial charge in [0.1, 0.15) is 5.75 Å². The molecule has 0 spiro atoms. The predicted molar refractivity (Wildman–Crippen MR) is 96.5 cm³/mol. The molecule has 1 unspecified atom stereocenters. The van der Waals surface area contributed by atoms with Crippen molar-refractivity contribution in [3.63, 3.8) is 0 Å². The van der Waals surface area contributed by atoms with Gasteiger partial charge in [-0.15, -0.1) is 11.3 Å². The van der Waals surface area contributed by atoms with Crippen molar-refractivity contribution in [2.45, 2.75) is 51.6 Å². The second-order valence-electron chi connectivity index (χ2n) is 6.77. The maximum Gasteiger partial charge on any atom is 0.119 e. The Bertz CT molecular complexity index is 706. The Kier molecular flexibility index (Phi) is 4.16. The first-order valence-corrected chi connectivity index (χ1v) is 9.61. The maximum absolute atomic E-state index is 5.40. The number of nitrogens with zero attached hydrogens (tertiary/aromatic N) is 1. The van der Waals surface area contributed by atoms with E-state index in [1.54, 1.807) is 22.4 Å². The van der Waals surface area contributed by atoms with Crippen LogP contribution in [0.5, 0.6) is 5.75 Å². The van der Waals surface area contributed by atoms with E-state index >= 15 is 0 Å². The molecule has 1 aromatic heterocycles. The van der Waals surface area contributed by atoms with E-state index in [4.69, 9.17) is 4.74 Å². The van der Waals surface area contributed by atoms with Crippen LogP contribution in [0, 0.1) is 0 Å². The SMILES string of the molecule is CCCCc1cc2c(s1)CC1c3ccc(OC)cc3CCN1C2. The smallest absolute Gasteiger partial charge is 0.119 e. The highest BCUT2D eigenvalue weighted by molar-refractivity contribution is 7.12. The van der Waals surface area contributed by atoms with Gasteiger partial charge in [0.25, 0.3) is 0 Å². The molecule has 0 aliphatic carbocycles. The van der Waals surface area contributed by atoms with Crippen molar-refractivity contribution in [1.82, 2.24) is 4.90 Å². The average molecular weight is 327 g/mol. The first-order valence-electron chi connectivity index (χ1n) is 8.79. The van der Waals surface area contributed by atoms with Crippen molar-refractivity contribution < 1.29 is 4.74 Å². The van der Waals surface area contributed by atoms with Gasteiger partial charge in [-0.05, 0) is 54.2 Å². The molecule has 0 saturated heterocycles. The molecule has 2 aromatic rings. The number of thiophene rings is 1. The number of ether oxygens (including phenoxy) is 1. The molecular weight excluding hydrogens is 302 g/mol. The fourth-order valence-corrected chi connectivity index (χ4v) is 5.26. The zero-order valence-corrected chi connectivity index (χ0v) is 14.9. The minimum absolute atomic E-state index is 0.565. The molecule has 2 aliphatic heterocycles. The number of fused-ring (bicyclic) bond motifs is 4. The zero-order valence-electron chi connectivity index (χ0n) is 14.1. The summed E-state index contributed by atoms with van der Waals surface area (Å²) in [6.07, 6.45) is 6.19. The minimum Gasteiger partial charge on any atom is -0.497 e. The summed E-state index contributed by atoms with van der Waals surface area (Å²) in [7, 11) is 1.76. The predicted octanol–water partition coefficient (Wildman–Crippen LogP) is 4.75. The number of hydrogen-bond acceptors (Lipinski definition) is 3. The lowest BCUT2D eigenvalue weighted by Crippen LogP contribution is -2.38. The summed E-state index contributed by atoms with van der Waals surface area (Å²) in [6, 6.07) is 9.70. The summed E-state index contributed by atoms with van der Waals surface area (Å²) in [5.41, 5.74) is 4.59. The molecule has 3 heterocycles. The Balaban J connectivity index is 1.61. The molecule has 2 aliphatic rings. The van der Waals surface area contributed by atoms with Gasteiger partial charge in [-0.2, -0.15) is 0 Å². The molecule has 1 atom stereocenters. The van der Waals surface area contributed by atoms with Crippen LogP contribution in [0.1, 0.15) is 52.3 Å². The average Bonchev–Trinajstić information content (AvgIpc) is 2.99. The Morgan fingerprint density at radius 3 is 3.00 bits per heavy atom. The highest BCUT2D eigenvalue weighted by atomic mass is 32.1. The van der Waals surface area contributed by atoms with Gasteiger partial charge >= 0.3 is 0 Å². The summed E-state index contributed by atoms with van der Waals surface area (Å²) in [5, 5.41) is 0. The lowest BCUT2D eigenvalue weighted by molar-refractivity contribution is 0.162. The van der Waals surface area contributed by atoms with Crippen LogP contribution in [0.25, 0.3) is 0 Å². The van der Waals surface area contributed by atoms with Crippen LogP contribution in [0.2, 0.25) is 0 Å². The fraction of sp³-hybridized carbons (Fsp3) is 0.500. The van der Waals surface area contributed by atoms with E-state index < -0.39 is 0 Å². The maximum atomic E-state index is 5.40. The van der Waals surface area contributed by atoms with E-state index in [0.717, 1.165) is 18.7 Å². The molecular formula is C20H25NOS. The van der Waals surface area contributed by atoms with Crippen LogP contribution >= 0.6 is 11.3 Å². The van der Waals surface area contributed by atoms with Gasteiger partial charge < -0.3 is 4.74 Å². The number of hydrogen-bond donors (Lipinski definition) is 0. The second kappa shape index (κ2) is 6.29. The highest BCUT2D eigenvalue weighted by Gasteiger charge is 2.33. The van der Waals surface area contributed by atoms with E-state index in [-0.39, 0.29) is 0 Å². The van der Waals surface area contributed by atoms with Gasteiger partial charge in [-0.3, -0.25) is 4.90 Å². The molecule has 0 fully saturated rings. The standard InChI is InChI=1S/C20H25NOS/c1-3-4-5-17-11-15-13-21-9-8-14-10-16(22-2)6-7-18(14)19(21)12-20(15)23-17/h6-7,10-11,19H,3-5,8-9,12-13H2,1-2H3. The number of rotatable bonds is 4. The van der Waals surface area contributed by atoms with Crippen molar-refractivity contribution in [2.75, 3.05) is 13.7 Å². The van der Waals surface area contributed by atoms with Crippen LogP contribution in [0.4, 0.5) is 0 Å². The van der Waals surface area contributed by atoms with Crippen LogP contribution in [0.15, 0.2) is 24.3 Å². The first kappa shape index (κ1) is 15.2. The monoisotopic (exact) mass is 327 g/mol. The molecule has 23 heavy (non-hydrogen) atoms. The van der Waals surface area contributed by atoms with E-state index in [0.29, 0.717) is 6.04 Å². The van der Waals surface area contributed by atoms with Crippen molar-refractivity contribution in [3.05, 3.63) is 50.7 Å². The van der Waals surface area contributed by atoms with Crippen molar-refractivity contribution >= 4 is 11.3 Å². The van der Waals surface area contributed by atoms with Gasteiger partial charge in [0, 0.05) is 35.3 Å². The highest BCUT2D eigenvalue weighted by Crippen LogP contribution is 2.41. The molecule has 0 N–H and O–H groups in total. The first-order chi connectivity index (χ1) is 11.3. The Labute approximate surface area is 143 Å². The lowest BCUT2D eigenvalue weighted by atomic mass is 9.87. The summed E-state index contributed by atoms with van der Waals surface area (Å²) in [5.74, 6) is 0.992. The van der Waals surface area contributed by atoms with Crippen LogP contribution in [-0.2, 0) is 25.8 Å². The largest absolute Gasteiger partial charge is 0.497 e. The molecule has 0 radical (unpaired) electrons. The number of aryl methyl sites for hydroxylation is 1. The van der Waals surface area contributed by atoms with Crippen LogP contribution in [-0.4, -0.2) is 18.6 Å². The molecule has 3 heteroatoms. The molecule has 4 rings (SSSR count). The summed E-state index contributed by atoms with van der Waals surface area (Å²) >= 11 is 2.06. The number of methoxy groups -OCH3 is 1. The molecule has 1 aromatic carbocycles. The van der Waals surface area contributed by atoms with E-state index in [1.165, 1.54) is 43.4 Å². The Morgan fingerprint density at radius 2 is 2.17 bits per heavy atom. The third kappa shape index (κ3) is 2.81. The van der Waals surface area contributed by atoms with Crippen molar-refractivity contribution in [2.24, 2.45) is 0 Å². The van der Waals surface area contributed by atoms with Crippen LogP contribution < -0.4 is 4.74 Å². The minimum atomic E-state index is 0.565. The zero-order chi connectivity index (χ0) is 15.8. The second-order valence-corrected chi connectivity index (χ2v) is 7.99. The van der Waals surface area contributed by atoms with E-state index in [2.05, 4.69) is 47.4 Å². The van der Waals surface area contributed by atoms with E-state index in [9.17, 15) is 0 Å². The molecule has 2 nitrogen and oxygen atoms in total. The third-order valence-electron chi connectivity index (χ3n) is 5.29. The molecule has 122 valence electrons. The summed E-state index contributed by atoms with van der Waals surface area (Å²) in [4.78, 5) is 5.89. The normalized spacial score (nSPS) is 19.8. The Morgan fingerprint density at radius 1 is 1.26 bits per heavy atom. The van der Waals surface area contributed by atoms with E-state index in [1.807, 2.05) is 0 Å². The summed E-state index contributed by atoms with van der Waals surface area (Å²) in [6.45, 7) is 4.58. The quantitative estimate of drug-likeness (QED) is 0.803. The molecule has 0 saturated carbocycles. The fourth-order valence-electron chi connectivity index (χ4n) is 4.00. The van der Waals surface area contributed by atoms with Gasteiger partial charge in [-0.1, -0.05) is 19.4 Å². The van der Waals surface area contributed by atoms with Gasteiger partial charge in [0.2, 0.25) is 0 Å². The lowest BCUT2D eigenvalue weighted by Gasteiger charge is -2.40. The Hall–Kier alpha value is -1.32. The van der Waals surface area contributed by atoms with Crippen LogP contribution in [0.3, 0.4) is 0 Å². The van der Waals surface area contributed by atoms with Gasteiger partial charge in [0.15, 0.2) is 0 Å². The van der Waals surface area contributed by atoms with Gasteiger partial charge in [0.05, 0.1) is 7.11 Å². The summed E-state index contributed by atoms with van der Waals surface area (Å²) < 4.78 is 5.40. The third-order valence-corrected chi connectivity index (χ3v) is 6.55. The van der Waals surface area contributed by atoms with Gasteiger partial charge in [-0.25, -0.2) is 0 Å². The topological polar surface area (TPSA) is 12.5 Å². The van der Waals surface area contributed by atoms with Crippen molar-refractivity contribution in [3.8, 4) is 5.75 Å². The molecule has 0 bridgehead atoms. The molecule has 0 amide bonds. The number of unbranched alkanes of at least 4 members (excludes halogenated alkanes) is 1. The van der Waals surface area contributed by atoms with Crippen molar-refractivity contribution in [1.29, 1.82) is 0 Å². The number of benzene rings is 1.